The normalized spacial score (nSPS) is 10.8. The van der Waals surface area contributed by atoms with E-state index in [9.17, 15) is 0 Å². The molecule has 0 unspecified atom stereocenters. The second-order valence-electron chi connectivity index (χ2n) is 4.75. The molecule has 0 bridgehead atoms. The summed E-state index contributed by atoms with van der Waals surface area (Å²) in [6, 6.07) is 8.18. The molecule has 3 aromatic rings. The standard InChI is InChI=1S/C16H16ClN3OS/c1-2-21-13-8-14-12(4-6-22-14)7-11(13)3-5-18-16-9-15(17)19-10-20-16/h4,6-10H,2-3,5H2,1H3,(H,18,19,20). The summed E-state index contributed by atoms with van der Waals surface area (Å²) in [6.45, 7) is 3.42. The van der Waals surface area contributed by atoms with E-state index in [-0.39, 0.29) is 0 Å². The molecule has 2 heterocycles. The van der Waals surface area contributed by atoms with Gasteiger partial charge in [0.1, 0.15) is 23.0 Å². The fourth-order valence-electron chi connectivity index (χ4n) is 2.28. The van der Waals surface area contributed by atoms with Gasteiger partial charge in [-0.2, -0.15) is 0 Å². The summed E-state index contributed by atoms with van der Waals surface area (Å²) in [5.41, 5.74) is 1.19. The van der Waals surface area contributed by atoms with Crippen molar-refractivity contribution in [2.45, 2.75) is 13.3 Å². The third-order valence-electron chi connectivity index (χ3n) is 3.27. The fraction of sp³-hybridized carbons (Fsp3) is 0.250. The summed E-state index contributed by atoms with van der Waals surface area (Å²) in [5, 5.41) is 7.05. The van der Waals surface area contributed by atoms with E-state index in [1.54, 1.807) is 17.4 Å². The number of benzene rings is 1. The molecule has 0 fully saturated rings. The fourth-order valence-corrected chi connectivity index (χ4v) is 3.23. The molecule has 4 nitrogen and oxygen atoms in total. The monoisotopic (exact) mass is 333 g/mol. The highest BCUT2D eigenvalue weighted by molar-refractivity contribution is 7.17. The first-order valence-electron chi connectivity index (χ1n) is 7.10. The Morgan fingerprint density at radius 3 is 3.00 bits per heavy atom. The van der Waals surface area contributed by atoms with Crippen molar-refractivity contribution in [2.75, 3.05) is 18.5 Å². The number of nitrogens with zero attached hydrogens (tertiary/aromatic N) is 2. The largest absolute Gasteiger partial charge is 0.494 e. The van der Waals surface area contributed by atoms with Gasteiger partial charge in [-0.3, -0.25) is 0 Å². The van der Waals surface area contributed by atoms with Crippen LogP contribution in [0.3, 0.4) is 0 Å². The Bertz CT molecular complexity index is 775. The molecule has 2 aromatic heterocycles. The van der Waals surface area contributed by atoms with Crippen LogP contribution in [0.2, 0.25) is 5.15 Å². The topological polar surface area (TPSA) is 47.0 Å². The van der Waals surface area contributed by atoms with Gasteiger partial charge >= 0.3 is 0 Å². The van der Waals surface area contributed by atoms with Crippen LogP contribution in [0.5, 0.6) is 5.75 Å². The van der Waals surface area contributed by atoms with E-state index < -0.39 is 0 Å². The number of fused-ring (bicyclic) bond motifs is 1. The zero-order valence-corrected chi connectivity index (χ0v) is 13.7. The summed E-state index contributed by atoms with van der Waals surface area (Å²) in [7, 11) is 0. The molecule has 0 saturated heterocycles. The molecule has 1 N–H and O–H groups in total. The number of aromatic nitrogens is 2. The predicted octanol–water partition coefficient (Wildman–Crippen LogP) is 4.40. The van der Waals surface area contributed by atoms with Gasteiger partial charge in [0.25, 0.3) is 0 Å². The molecule has 0 radical (unpaired) electrons. The van der Waals surface area contributed by atoms with Gasteiger partial charge in [0.05, 0.1) is 6.61 Å². The second kappa shape index (κ2) is 6.94. The van der Waals surface area contributed by atoms with Crippen LogP contribution in [0.1, 0.15) is 12.5 Å². The van der Waals surface area contributed by atoms with Crippen LogP contribution in [0.15, 0.2) is 36.0 Å². The Balaban J connectivity index is 1.73. The van der Waals surface area contributed by atoms with E-state index in [0.29, 0.717) is 11.8 Å². The quantitative estimate of drug-likeness (QED) is 0.679. The highest BCUT2D eigenvalue weighted by Crippen LogP contribution is 2.30. The number of hydrogen-bond donors (Lipinski definition) is 1. The highest BCUT2D eigenvalue weighted by Gasteiger charge is 2.07. The smallest absolute Gasteiger partial charge is 0.134 e. The summed E-state index contributed by atoms with van der Waals surface area (Å²) in [6.07, 6.45) is 2.30. The average molecular weight is 334 g/mol. The van der Waals surface area contributed by atoms with Gasteiger partial charge in [-0.1, -0.05) is 11.6 Å². The first kappa shape index (κ1) is 15.1. The number of ether oxygens (including phenoxy) is 1. The van der Waals surface area contributed by atoms with Crippen molar-refractivity contribution in [1.29, 1.82) is 0 Å². The van der Waals surface area contributed by atoms with Crippen molar-refractivity contribution in [3.8, 4) is 5.75 Å². The van der Waals surface area contributed by atoms with Crippen molar-refractivity contribution in [2.24, 2.45) is 0 Å². The summed E-state index contributed by atoms with van der Waals surface area (Å²) in [4.78, 5) is 8.00. The lowest BCUT2D eigenvalue weighted by Crippen LogP contribution is -2.07. The lowest BCUT2D eigenvalue weighted by Gasteiger charge is -2.11. The molecule has 22 heavy (non-hydrogen) atoms. The molecule has 0 aliphatic heterocycles. The summed E-state index contributed by atoms with van der Waals surface area (Å²) in [5.74, 6) is 1.69. The Labute approximate surface area is 138 Å². The SMILES string of the molecule is CCOc1cc2sccc2cc1CCNc1cc(Cl)ncn1. The summed E-state index contributed by atoms with van der Waals surface area (Å²) >= 11 is 7.58. The van der Waals surface area contributed by atoms with Crippen molar-refractivity contribution >= 4 is 38.8 Å². The maximum Gasteiger partial charge on any atom is 0.134 e. The van der Waals surface area contributed by atoms with Crippen molar-refractivity contribution < 1.29 is 4.74 Å². The van der Waals surface area contributed by atoms with Gasteiger partial charge in [-0.25, -0.2) is 9.97 Å². The second-order valence-corrected chi connectivity index (χ2v) is 6.09. The van der Waals surface area contributed by atoms with Crippen LogP contribution in [-0.4, -0.2) is 23.1 Å². The number of halogens is 1. The summed E-state index contributed by atoms with van der Waals surface area (Å²) < 4.78 is 7.02. The van der Waals surface area contributed by atoms with Crippen molar-refractivity contribution in [1.82, 2.24) is 9.97 Å². The lowest BCUT2D eigenvalue weighted by atomic mass is 10.1. The molecule has 3 rings (SSSR count). The molecule has 0 aliphatic carbocycles. The molecule has 0 aliphatic rings. The van der Waals surface area contributed by atoms with E-state index >= 15 is 0 Å². The Hall–Kier alpha value is -1.85. The zero-order valence-electron chi connectivity index (χ0n) is 12.2. The minimum Gasteiger partial charge on any atom is -0.494 e. The van der Waals surface area contributed by atoms with Crippen LogP contribution in [0.25, 0.3) is 10.1 Å². The Morgan fingerprint density at radius 1 is 1.27 bits per heavy atom. The van der Waals surface area contributed by atoms with Gasteiger partial charge in [0.15, 0.2) is 0 Å². The number of rotatable bonds is 6. The van der Waals surface area contributed by atoms with Gasteiger partial charge in [0, 0.05) is 17.3 Å². The first-order chi connectivity index (χ1) is 10.8. The zero-order chi connectivity index (χ0) is 15.4. The first-order valence-corrected chi connectivity index (χ1v) is 8.36. The third kappa shape index (κ3) is 3.48. The Morgan fingerprint density at radius 2 is 2.18 bits per heavy atom. The molecular weight excluding hydrogens is 318 g/mol. The number of thiophene rings is 1. The molecule has 0 atom stereocenters. The lowest BCUT2D eigenvalue weighted by molar-refractivity contribution is 0.337. The molecule has 114 valence electrons. The number of anilines is 1. The molecule has 0 spiro atoms. The van der Waals surface area contributed by atoms with Gasteiger partial charge in [-0.15, -0.1) is 11.3 Å². The van der Waals surface area contributed by atoms with Crippen LogP contribution in [0.4, 0.5) is 5.82 Å². The van der Waals surface area contributed by atoms with Crippen LogP contribution in [0, 0.1) is 0 Å². The van der Waals surface area contributed by atoms with Crippen LogP contribution < -0.4 is 10.1 Å². The van der Waals surface area contributed by atoms with E-state index in [1.165, 1.54) is 22.0 Å². The van der Waals surface area contributed by atoms with Crippen LogP contribution >= 0.6 is 22.9 Å². The predicted molar refractivity (Wildman–Crippen MR) is 92.2 cm³/mol. The minimum atomic E-state index is 0.437. The van der Waals surface area contributed by atoms with E-state index in [4.69, 9.17) is 16.3 Å². The molecule has 6 heteroatoms. The van der Waals surface area contributed by atoms with Gasteiger partial charge in [-0.05, 0) is 47.9 Å². The van der Waals surface area contributed by atoms with Gasteiger partial charge < -0.3 is 10.1 Å². The average Bonchev–Trinajstić information content (AvgIpc) is 2.95. The third-order valence-corrected chi connectivity index (χ3v) is 4.36. The van der Waals surface area contributed by atoms with E-state index in [1.807, 2.05) is 6.92 Å². The van der Waals surface area contributed by atoms with E-state index in [0.717, 1.165) is 24.5 Å². The molecular formula is C16H16ClN3OS. The minimum absolute atomic E-state index is 0.437. The van der Waals surface area contributed by atoms with Gasteiger partial charge in [0.2, 0.25) is 0 Å². The number of hydrogen-bond acceptors (Lipinski definition) is 5. The van der Waals surface area contributed by atoms with Crippen molar-refractivity contribution in [3.05, 3.63) is 46.7 Å². The van der Waals surface area contributed by atoms with E-state index in [2.05, 4.69) is 38.9 Å². The highest BCUT2D eigenvalue weighted by atomic mass is 35.5. The molecule has 1 aromatic carbocycles. The van der Waals surface area contributed by atoms with Crippen LogP contribution in [-0.2, 0) is 6.42 Å². The maximum absolute atomic E-state index is 5.85. The van der Waals surface area contributed by atoms with Crippen molar-refractivity contribution in [3.63, 3.8) is 0 Å². The number of nitrogens with one attached hydrogen (secondary N) is 1. The molecule has 0 amide bonds. The Kier molecular flexibility index (Phi) is 4.75. The molecule has 0 saturated carbocycles. The maximum atomic E-state index is 5.85.